The maximum atomic E-state index is 5.20. The summed E-state index contributed by atoms with van der Waals surface area (Å²) in [5, 5.41) is 0. The number of rotatable bonds is 6. The van der Waals surface area contributed by atoms with Gasteiger partial charge in [0.25, 0.3) is 0 Å². The van der Waals surface area contributed by atoms with Crippen molar-refractivity contribution in [2.45, 2.75) is 128 Å². The third-order valence-electron chi connectivity index (χ3n) is 13.1. The molecule has 1 aromatic carbocycles. The van der Waals surface area contributed by atoms with E-state index in [0.29, 0.717) is 0 Å². The first-order chi connectivity index (χ1) is 34.1. The van der Waals surface area contributed by atoms with Gasteiger partial charge in [-0.15, -0.1) is 62.1 Å². The Morgan fingerprint density at radius 2 is 0.872 bits per heavy atom. The molecule has 6 aliphatic rings. The second-order valence-electron chi connectivity index (χ2n) is 19.0. The van der Waals surface area contributed by atoms with E-state index in [9.17, 15) is 0 Å². The van der Waals surface area contributed by atoms with E-state index in [2.05, 4.69) is 254 Å². The Morgan fingerprint density at radius 3 is 1.19 bits per heavy atom. The van der Waals surface area contributed by atoms with Gasteiger partial charge in [0.05, 0.1) is 0 Å². The van der Waals surface area contributed by atoms with Crippen molar-refractivity contribution >= 4 is 11.1 Å². The van der Waals surface area contributed by atoms with Crippen LogP contribution in [0, 0.1) is 49.5 Å². The normalized spacial score (nSPS) is 14.2. The quantitative estimate of drug-likeness (QED) is 0.263. The minimum Gasteiger partial charge on any atom is -0.591 e. The van der Waals surface area contributed by atoms with E-state index < -0.39 is 0 Å². The van der Waals surface area contributed by atoms with E-state index in [4.69, 9.17) is 4.42 Å². The van der Waals surface area contributed by atoms with E-state index in [1.54, 1.807) is 6.07 Å². The van der Waals surface area contributed by atoms with Crippen molar-refractivity contribution in [2.75, 3.05) is 0 Å². The van der Waals surface area contributed by atoms with Gasteiger partial charge < -0.3 is 17.3 Å². The van der Waals surface area contributed by atoms with Gasteiger partial charge in [-0.25, -0.2) is 47.8 Å². The van der Waals surface area contributed by atoms with Gasteiger partial charge in [0, 0.05) is 229 Å². The van der Waals surface area contributed by atoms with Crippen LogP contribution in [0.15, 0.2) is 236 Å². The fraction of sp³-hybridized carbons (Fsp3) is 0.286. The van der Waals surface area contributed by atoms with Gasteiger partial charge in [0.1, 0.15) is 0 Å². The number of benzene rings is 1. The van der Waals surface area contributed by atoms with E-state index in [-0.39, 0.29) is 234 Å². The minimum absolute atomic E-state index is 0. The summed E-state index contributed by atoms with van der Waals surface area (Å²) in [6.07, 6.45) is 62.1. The Labute approximate surface area is 653 Å². The zero-order chi connectivity index (χ0) is 52.0. The van der Waals surface area contributed by atoms with Crippen molar-refractivity contribution < 1.29 is 233 Å². The SMILES string of the molecule is CC(=C1C=CCC=C1)C(C)(C)[C-](C)C.CC(=C1C=CCC=C1)[C-](C)C.CC(=C1C=CCC=C1)c1[c-]c[c-]cc1.CC(=C1C=CCC=C1)c1cc[c-]o1.[CH2-]C(C)=C1C=CCC=C1.[CH2-]CC(C)=C1C=CCC=C1.[Y].[Y].[Y].[Y].[Y].[Y].[Y]. The number of furan rings is 1. The molecule has 2 aromatic rings. The van der Waals surface area contributed by atoms with Gasteiger partial charge in [-0.3, -0.25) is 17.7 Å². The second kappa shape index (κ2) is 51.5. The largest absolute Gasteiger partial charge is 0.591 e. The Kier molecular flexibility index (Phi) is 58.1. The molecule has 1 aromatic heterocycles. The number of hydrogen-bond donors (Lipinski definition) is 0. The maximum Gasteiger partial charge on any atom is 0 e. The van der Waals surface area contributed by atoms with Crippen LogP contribution in [0.2, 0.25) is 0 Å². The molecule has 397 valence electrons. The molecule has 0 bridgehead atoms. The van der Waals surface area contributed by atoms with Crippen molar-refractivity contribution in [1.82, 2.24) is 0 Å². The Hall–Kier alpha value is 1.29. The molecule has 7 radical (unpaired) electrons. The van der Waals surface area contributed by atoms with E-state index in [0.717, 1.165) is 67.4 Å². The predicted octanol–water partition coefficient (Wildman–Crippen LogP) is 20.5. The van der Waals surface area contributed by atoms with Gasteiger partial charge in [-0.2, -0.15) is 37.5 Å². The Morgan fingerprint density at radius 1 is 0.500 bits per heavy atom. The van der Waals surface area contributed by atoms with Crippen LogP contribution in [-0.4, -0.2) is 0 Å². The van der Waals surface area contributed by atoms with Crippen molar-refractivity contribution in [3.63, 3.8) is 0 Å². The molecule has 0 N–H and O–H groups in total. The first-order valence-corrected chi connectivity index (χ1v) is 25.4. The molecule has 1 nitrogen and oxygen atoms in total. The number of allylic oxidation sites excluding steroid dienone is 36. The summed E-state index contributed by atoms with van der Waals surface area (Å²) >= 11 is 0. The zero-order valence-electron chi connectivity index (χ0n) is 49.6. The molecule has 0 saturated carbocycles. The summed E-state index contributed by atoms with van der Waals surface area (Å²) in [6.45, 7) is 33.7. The van der Waals surface area contributed by atoms with E-state index in [1.165, 1.54) is 67.6 Å². The maximum absolute atomic E-state index is 5.20. The third kappa shape index (κ3) is 34.4. The molecule has 0 fully saturated rings. The van der Waals surface area contributed by atoms with Gasteiger partial charge in [-0.05, 0) is 88.0 Å². The average Bonchev–Trinajstić information content (AvgIpc) is 3.98. The second-order valence-corrected chi connectivity index (χ2v) is 19.0. The molecule has 0 spiro atoms. The van der Waals surface area contributed by atoms with Crippen LogP contribution in [0.5, 0.6) is 0 Å². The van der Waals surface area contributed by atoms with Crippen molar-refractivity contribution in [3.05, 3.63) is 287 Å². The smallest absolute Gasteiger partial charge is 0 e. The zero-order valence-corrected chi connectivity index (χ0v) is 69.4. The molecule has 78 heavy (non-hydrogen) atoms. The first-order valence-electron chi connectivity index (χ1n) is 25.4. The van der Waals surface area contributed by atoms with Gasteiger partial charge >= 0.3 is 0 Å². The molecule has 6 aliphatic carbocycles. The van der Waals surface area contributed by atoms with Crippen LogP contribution in [0.25, 0.3) is 11.1 Å². The van der Waals surface area contributed by atoms with Crippen molar-refractivity contribution in [3.8, 4) is 0 Å². The van der Waals surface area contributed by atoms with Crippen molar-refractivity contribution in [2.24, 2.45) is 5.41 Å². The standard InChI is InChI=1S/C14H12.C14H21.C12H11O.C11H15.C10H13.C9H11.7Y/c1-12(13-8-4-2-5-9-13)14-10-6-3-7-11-14;1-11(2)14(4,5)12(3)13-9-7-6-8-10-13;1-10(12-8-5-9-13-12)11-6-3-2-4-7-11;1-9(2)10(3)11-7-5-4-6-8-11;1-3-9(2)10-7-5-4-6-8-10;1-8(2)9-6-4-3-5-7-9;;;;;;;/h4-10H,2H2,1H3;7-10H,6H2,1-5H3;3-8H,2H2,1H3;5-8H,4H2,1-3H3;5-8H,1,3-4H2,2H3;4-7H,1,3H2,2H3;;;;;;;/q-2;5*-1;;;;;;;. The van der Waals surface area contributed by atoms with Crippen molar-refractivity contribution in [1.29, 1.82) is 0 Å². The molecule has 0 aliphatic heterocycles. The summed E-state index contributed by atoms with van der Waals surface area (Å²) in [7, 11) is 0. The first kappa shape index (κ1) is 88.1. The molecule has 0 atom stereocenters. The van der Waals surface area contributed by atoms with Crippen LogP contribution in [0.3, 0.4) is 0 Å². The molecular formula is C70H83OY7-7. The number of hydrogen-bond acceptors (Lipinski definition) is 1. The fourth-order valence-electron chi connectivity index (χ4n) is 7.20. The molecule has 0 unspecified atom stereocenters. The van der Waals surface area contributed by atoms with Gasteiger partial charge in [0.15, 0.2) is 0 Å². The van der Waals surface area contributed by atoms with E-state index >= 15 is 0 Å². The summed E-state index contributed by atoms with van der Waals surface area (Å²) < 4.78 is 5.20. The molecule has 8 rings (SSSR count). The summed E-state index contributed by atoms with van der Waals surface area (Å²) in [6, 6.07) is 15.7. The van der Waals surface area contributed by atoms with Gasteiger partial charge in [0.2, 0.25) is 0 Å². The van der Waals surface area contributed by atoms with Crippen LogP contribution >= 0.6 is 0 Å². The predicted molar refractivity (Wildman–Crippen MR) is 313 cm³/mol. The molecular weight excluding hydrogens is 1480 g/mol. The average molecular weight is 1560 g/mol. The minimum atomic E-state index is 0. The molecule has 0 amide bonds. The van der Waals surface area contributed by atoms with Crippen LogP contribution in [0.4, 0.5) is 0 Å². The molecule has 1 heterocycles. The van der Waals surface area contributed by atoms with Crippen LogP contribution in [0.1, 0.15) is 139 Å². The molecule has 8 heteroatoms. The summed E-state index contributed by atoms with van der Waals surface area (Å²) in [5.41, 5.74) is 17.0. The Bertz CT molecular complexity index is 2490. The topological polar surface area (TPSA) is 13.1 Å². The third-order valence-corrected chi connectivity index (χ3v) is 13.1. The van der Waals surface area contributed by atoms with Gasteiger partial charge in [-0.1, -0.05) is 166 Å². The molecule has 0 saturated heterocycles. The summed E-state index contributed by atoms with van der Waals surface area (Å²) in [5.74, 6) is 3.76. The fourth-order valence-corrected chi connectivity index (χ4v) is 7.20. The monoisotopic (exact) mass is 1560 g/mol. The van der Waals surface area contributed by atoms with Crippen LogP contribution in [-0.2, 0) is 229 Å². The summed E-state index contributed by atoms with van der Waals surface area (Å²) in [4.78, 5) is 0. The Balaban J connectivity index is -0.000000270. The van der Waals surface area contributed by atoms with Crippen LogP contribution < -0.4 is 0 Å². The van der Waals surface area contributed by atoms with E-state index in [1.807, 2.05) is 31.2 Å².